The highest BCUT2D eigenvalue weighted by Gasteiger charge is 2.11. The lowest BCUT2D eigenvalue weighted by Gasteiger charge is -2.09. The van der Waals surface area contributed by atoms with E-state index in [0.29, 0.717) is 16.9 Å². The zero-order valence-electron chi connectivity index (χ0n) is 13.6. The SMILES string of the molecule is CCc1ccc(C(=O)Nc2ccc(C(=O)OC)cn2)cc1CC. The first-order valence-corrected chi connectivity index (χ1v) is 7.56. The van der Waals surface area contributed by atoms with Gasteiger partial charge in [-0.15, -0.1) is 0 Å². The molecule has 1 aromatic heterocycles. The molecule has 1 aromatic carbocycles. The summed E-state index contributed by atoms with van der Waals surface area (Å²) >= 11 is 0. The summed E-state index contributed by atoms with van der Waals surface area (Å²) in [5, 5.41) is 2.73. The van der Waals surface area contributed by atoms with Gasteiger partial charge in [0.2, 0.25) is 0 Å². The summed E-state index contributed by atoms with van der Waals surface area (Å²) < 4.78 is 4.61. The number of esters is 1. The largest absolute Gasteiger partial charge is 0.465 e. The normalized spacial score (nSPS) is 10.2. The molecule has 1 N–H and O–H groups in total. The highest BCUT2D eigenvalue weighted by atomic mass is 16.5. The van der Waals surface area contributed by atoms with Crippen molar-refractivity contribution in [3.05, 3.63) is 58.8 Å². The maximum atomic E-state index is 12.3. The lowest BCUT2D eigenvalue weighted by atomic mass is 10.00. The van der Waals surface area contributed by atoms with E-state index in [2.05, 4.69) is 28.9 Å². The Morgan fingerprint density at radius 2 is 1.74 bits per heavy atom. The summed E-state index contributed by atoms with van der Waals surface area (Å²) in [4.78, 5) is 27.7. The van der Waals surface area contributed by atoms with Gasteiger partial charge in [-0.1, -0.05) is 19.9 Å². The van der Waals surface area contributed by atoms with Crippen LogP contribution in [0.25, 0.3) is 0 Å². The van der Waals surface area contributed by atoms with Crippen LogP contribution < -0.4 is 5.32 Å². The predicted octanol–water partition coefficient (Wildman–Crippen LogP) is 3.25. The number of nitrogens with one attached hydrogen (secondary N) is 1. The number of methoxy groups -OCH3 is 1. The number of hydrogen-bond donors (Lipinski definition) is 1. The minimum Gasteiger partial charge on any atom is -0.465 e. The Labute approximate surface area is 135 Å². The lowest BCUT2D eigenvalue weighted by molar-refractivity contribution is 0.0600. The van der Waals surface area contributed by atoms with Gasteiger partial charge in [0.05, 0.1) is 12.7 Å². The molecule has 0 unspecified atom stereocenters. The zero-order chi connectivity index (χ0) is 16.8. The van der Waals surface area contributed by atoms with Gasteiger partial charge in [-0.25, -0.2) is 9.78 Å². The van der Waals surface area contributed by atoms with Crippen molar-refractivity contribution in [3.8, 4) is 0 Å². The van der Waals surface area contributed by atoms with E-state index in [0.717, 1.165) is 12.8 Å². The number of carbonyl (C=O) groups is 2. The number of nitrogens with zero attached hydrogens (tertiary/aromatic N) is 1. The molecule has 2 rings (SSSR count). The Balaban J connectivity index is 2.14. The summed E-state index contributed by atoms with van der Waals surface area (Å²) in [7, 11) is 1.31. The van der Waals surface area contributed by atoms with E-state index in [1.807, 2.05) is 18.2 Å². The Morgan fingerprint density at radius 3 is 2.30 bits per heavy atom. The highest BCUT2D eigenvalue weighted by molar-refractivity contribution is 6.04. The number of carbonyl (C=O) groups excluding carboxylic acids is 2. The fourth-order valence-electron chi connectivity index (χ4n) is 2.34. The number of pyridine rings is 1. The van der Waals surface area contributed by atoms with Crippen LogP contribution in [0, 0.1) is 0 Å². The molecule has 5 heteroatoms. The molecule has 0 fully saturated rings. The monoisotopic (exact) mass is 312 g/mol. The smallest absolute Gasteiger partial charge is 0.339 e. The molecule has 23 heavy (non-hydrogen) atoms. The number of anilines is 1. The number of rotatable bonds is 5. The minimum atomic E-state index is -0.460. The van der Waals surface area contributed by atoms with Crippen LogP contribution in [-0.4, -0.2) is 24.0 Å². The summed E-state index contributed by atoms with van der Waals surface area (Å²) in [5.74, 6) is -0.293. The molecule has 2 aromatic rings. The first kappa shape index (κ1) is 16.7. The van der Waals surface area contributed by atoms with Crippen LogP contribution in [-0.2, 0) is 17.6 Å². The molecule has 0 spiro atoms. The molecular formula is C18H20N2O3. The van der Waals surface area contributed by atoms with Crippen LogP contribution in [0.1, 0.15) is 45.7 Å². The molecule has 1 heterocycles. The van der Waals surface area contributed by atoms with Crippen molar-refractivity contribution in [2.24, 2.45) is 0 Å². The van der Waals surface area contributed by atoms with Crippen molar-refractivity contribution in [3.63, 3.8) is 0 Å². The Hall–Kier alpha value is -2.69. The quantitative estimate of drug-likeness (QED) is 0.861. The summed E-state index contributed by atoms with van der Waals surface area (Å²) in [6, 6.07) is 8.85. The van der Waals surface area contributed by atoms with Gasteiger partial charge < -0.3 is 10.1 Å². The Kier molecular flexibility index (Phi) is 5.46. The van der Waals surface area contributed by atoms with E-state index in [-0.39, 0.29) is 5.91 Å². The average Bonchev–Trinajstić information content (AvgIpc) is 2.60. The van der Waals surface area contributed by atoms with Crippen molar-refractivity contribution in [2.75, 3.05) is 12.4 Å². The van der Waals surface area contributed by atoms with Crippen molar-refractivity contribution in [1.82, 2.24) is 4.98 Å². The van der Waals surface area contributed by atoms with Gasteiger partial charge in [-0.2, -0.15) is 0 Å². The summed E-state index contributed by atoms with van der Waals surface area (Å²) in [5.41, 5.74) is 3.36. The van der Waals surface area contributed by atoms with Crippen LogP contribution in [0.5, 0.6) is 0 Å². The molecule has 0 aliphatic carbocycles. The molecule has 1 amide bonds. The third kappa shape index (κ3) is 3.94. The van der Waals surface area contributed by atoms with Gasteiger partial charge in [0, 0.05) is 11.8 Å². The van der Waals surface area contributed by atoms with E-state index < -0.39 is 5.97 Å². The van der Waals surface area contributed by atoms with Crippen LogP contribution in [0.3, 0.4) is 0 Å². The molecular weight excluding hydrogens is 292 g/mol. The fraction of sp³-hybridized carbons (Fsp3) is 0.278. The molecule has 0 atom stereocenters. The first-order chi connectivity index (χ1) is 11.1. The second-order valence-electron chi connectivity index (χ2n) is 5.07. The lowest BCUT2D eigenvalue weighted by Crippen LogP contribution is -2.14. The Morgan fingerprint density at radius 1 is 1.04 bits per heavy atom. The minimum absolute atomic E-state index is 0.222. The Bertz CT molecular complexity index is 709. The van der Waals surface area contributed by atoms with Crippen LogP contribution >= 0.6 is 0 Å². The molecule has 0 saturated heterocycles. The average molecular weight is 312 g/mol. The number of amides is 1. The molecule has 120 valence electrons. The number of ether oxygens (including phenoxy) is 1. The van der Waals surface area contributed by atoms with E-state index in [4.69, 9.17) is 0 Å². The fourth-order valence-corrected chi connectivity index (χ4v) is 2.34. The maximum Gasteiger partial charge on any atom is 0.339 e. The highest BCUT2D eigenvalue weighted by Crippen LogP contribution is 2.15. The van der Waals surface area contributed by atoms with Crippen molar-refractivity contribution >= 4 is 17.7 Å². The number of aromatic nitrogens is 1. The number of aryl methyl sites for hydroxylation is 2. The van der Waals surface area contributed by atoms with Gasteiger partial charge in [0.15, 0.2) is 0 Å². The molecule has 0 saturated carbocycles. The maximum absolute atomic E-state index is 12.3. The van der Waals surface area contributed by atoms with Gasteiger partial charge in [0.25, 0.3) is 5.91 Å². The van der Waals surface area contributed by atoms with E-state index in [1.54, 1.807) is 12.1 Å². The van der Waals surface area contributed by atoms with Gasteiger partial charge in [-0.3, -0.25) is 4.79 Å². The van der Waals surface area contributed by atoms with Crippen LogP contribution in [0.2, 0.25) is 0 Å². The second-order valence-corrected chi connectivity index (χ2v) is 5.07. The summed E-state index contributed by atoms with van der Waals surface area (Å²) in [6.07, 6.45) is 3.21. The topological polar surface area (TPSA) is 68.3 Å². The van der Waals surface area contributed by atoms with Crippen LogP contribution in [0.15, 0.2) is 36.5 Å². The second kappa shape index (κ2) is 7.54. The zero-order valence-corrected chi connectivity index (χ0v) is 13.6. The van der Waals surface area contributed by atoms with E-state index in [1.165, 1.54) is 24.4 Å². The molecule has 0 aliphatic rings. The van der Waals surface area contributed by atoms with Gasteiger partial charge in [0.1, 0.15) is 5.82 Å². The van der Waals surface area contributed by atoms with E-state index in [9.17, 15) is 9.59 Å². The molecule has 0 bridgehead atoms. The molecule has 5 nitrogen and oxygen atoms in total. The van der Waals surface area contributed by atoms with E-state index >= 15 is 0 Å². The van der Waals surface area contributed by atoms with Crippen molar-refractivity contribution < 1.29 is 14.3 Å². The van der Waals surface area contributed by atoms with Crippen molar-refractivity contribution in [1.29, 1.82) is 0 Å². The third-order valence-corrected chi connectivity index (χ3v) is 3.66. The first-order valence-electron chi connectivity index (χ1n) is 7.56. The standard InChI is InChI=1S/C18H20N2O3/c1-4-12-6-7-14(10-13(12)5-2)17(21)20-16-9-8-15(11-19-16)18(22)23-3/h6-11H,4-5H2,1-3H3,(H,19,20,21). The molecule has 0 aliphatic heterocycles. The van der Waals surface area contributed by atoms with Crippen LogP contribution in [0.4, 0.5) is 5.82 Å². The van der Waals surface area contributed by atoms with Gasteiger partial charge >= 0.3 is 5.97 Å². The predicted molar refractivity (Wildman–Crippen MR) is 88.7 cm³/mol. The number of hydrogen-bond acceptors (Lipinski definition) is 4. The third-order valence-electron chi connectivity index (χ3n) is 3.66. The summed E-state index contributed by atoms with van der Waals surface area (Å²) in [6.45, 7) is 4.17. The molecule has 0 radical (unpaired) electrons. The number of benzene rings is 1. The van der Waals surface area contributed by atoms with Crippen molar-refractivity contribution in [2.45, 2.75) is 26.7 Å². The van der Waals surface area contributed by atoms with Gasteiger partial charge in [-0.05, 0) is 48.2 Å².